The van der Waals surface area contributed by atoms with Crippen molar-refractivity contribution in [2.24, 2.45) is 5.73 Å². The lowest BCUT2D eigenvalue weighted by Gasteiger charge is -2.20. The smallest absolute Gasteiger partial charge is 0.0318 e. The number of rotatable bonds is 6. The molecule has 0 saturated heterocycles. The maximum absolute atomic E-state index is 6.27. The first-order valence-electron chi connectivity index (χ1n) is 6.74. The van der Waals surface area contributed by atoms with Gasteiger partial charge in [0.1, 0.15) is 0 Å². The molecule has 0 aliphatic heterocycles. The van der Waals surface area contributed by atoms with Gasteiger partial charge < -0.3 is 10.6 Å². The number of halogens is 1. The van der Waals surface area contributed by atoms with Gasteiger partial charge in [0.2, 0.25) is 0 Å². The molecule has 106 valence electrons. The van der Waals surface area contributed by atoms with Crippen LogP contribution in [-0.4, -0.2) is 23.5 Å². The predicted molar refractivity (Wildman–Crippen MR) is 86.3 cm³/mol. The molecule has 20 heavy (non-hydrogen) atoms. The minimum Gasteiger partial charge on any atom is -0.324 e. The van der Waals surface area contributed by atoms with Crippen LogP contribution in [0.3, 0.4) is 0 Å². The molecule has 1 atom stereocenters. The molecule has 0 aliphatic rings. The molecular formula is C16H20BrN3. The van der Waals surface area contributed by atoms with Crippen molar-refractivity contribution in [3.8, 4) is 0 Å². The maximum atomic E-state index is 6.27. The van der Waals surface area contributed by atoms with Crippen molar-refractivity contribution >= 4 is 15.9 Å². The van der Waals surface area contributed by atoms with E-state index in [0.717, 1.165) is 24.0 Å². The van der Waals surface area contributed by atoms with Gasteiger partial charge in [-0.2, -0.15) is 0 Å². The lowest BCUT2D eigenvalue weighted by molar-refractivity contribution is 0.311. The molecule has 0 amide bonds. The fourth-order valence-corrected chi connectivity index (χ4v) is 2.75. The van der Waals surface area contributed by atoms with Crippen LogP contribution in [0.15, 0.2) is 53.3 Å². The van der Waals surface area contributed by atoms with Crippen LogP contribution in [0, 0.1) is 0 Å². The van der Waals surface area contributed by atoms with Gasteiger partial charge in [-0.1, -0.05) is 40.2 Å². The Morgan fingerprint density at radius 1 is 1.25 bits per heavy atom. The average molecular weight is 334 g/mol. The minimum absolute atomic E-state index is 0.0573. The molecule has 0 bridgehead atoms. The van der Waals surface area contributed by atoms with Crippen LogP contribution in [0.25, 0.3) is 0 Å². The normalized spacial score (nSPS) is 12.6. The Hall–Kier alpha value is -1.23. The Kier molecular flexibility index (Phi) is 5.71. The Morgan fingerprint density at radius 3 is 2.75 bits per heavy atom. The molecule has 2 N–H and O–H groups in total. The summed E-state index contributed by atoms with van der Waals surface area (Å²) in [4.78, 5) is 6.41. The summed E-state index contributed by atoms with van der Waals surface area (Å²) in [6.07, 6.45) is 4.63. The first-order valence-corrected chi connectivity index (χ1v) is 7.53. The summed E-state index contributed by atoms with van der Waals surface area (Å²) in [5, 5.41) is 0. The molecule has 4 heteroatoms. The first-order chi connectivity index (χ1) is 9.66. The lowest BCUT2D eigenvalue weighted by atomic mass is 10.0. The number of hydrogen-bond donors (Lipinski definition) is 1. The highest BCUT2D eigenvalue weighted by molar-refractivity contribution is 9.10. The largest absolute Gasteiger partial charge is 0.324 e. The van der Waals surface area contributed by atoms with Crippen LogP contribution in [0.2, 0.25) is 0 Å². The summed E-state index contributed by atoms with van der Waals surface area (Å²) in [6.45, 7) is 1.86. The van der Waals surface area contributed by atoms with Gasteiger partial charge in [0.05, 0.1) is 0 Å². The molecular weight excluding hydrogens is 314 g/mol. The van der Waals surface area contributed by atoms with Crippen molar-refractivity contribution in [3.05, 3.63) is 64.4 Å². The molecule has 2 rings (SSSR count). The van der Waals surface area contributed by atoms with Crippen molar-refractivity contribution in [3.63, 3.8) is 0 Å². The van der Waals surface area contributed by atoms with Crippen molar-refractivity contribution in [1.29, 1.82) is 0 Å². The number of pyridine rings is 1. The summed E-state index contributed by atoms with van der Waals surface area (Å²) < 4.78 is 1.09. The Balaban J connectivity index is 1.84. The molecule has 3 nitrogen and oxygen atoms in total. The Bertz CT molecular complexity index is 530. The second-order valence-corrected chi connectivity index (χ2v) is 5.87. The van der Waals surface area contributed by atoms with E-state index in [9.17, 15) is 0 Å². The molecule has 0 spiro atoms. The first kappa shape index (κ1) is 15.2. The number of nitrogens with two attached hydrogens (primary N) is 1. The fourth-order valence-electron chi connectivity index (χ4n) is 2.17. The maximum Gasteiger partial charge on any atom is 0.0318 e. The van der Waals surface area contributed by atoms with Crippen LogP contribution >= 0.6 is 15.9 Å². The minimum atomic E-state index is 0.0573. The highest BCUT2D eigenvalue weighted by Crippen LogP contribution is 2.23. The second-order valence-electron chi connectivity index (χ2n) is 5.02. The van der Waals surface area contributed by atoms with Crippen molar-refractivity contribution < 1.29 is 0 Å². The molecule has 0 aliphatic carbocycles. The van der Waals surface area contributed by atoms with Gasteiger partial charge in [-0.25, -0.2) is 0 Å². The van der Waals surface area contributed by atoms with E-state index in [1.807, 2.05) is 30.5 Å². The van der Waals surface area contributed by atoms with E-state index in [1.165, 1.54) is 11.1 Å². The zero-order valence-electron chi connectivity index (χ0n) is 11.7. The molecule has 0 fully saturated rings. The number of benzene rings is 1. The molecule has 1 unspecified atom stereocenters. The van der Waals surface area contributed by atoms with Gasteiger partial charge in [0, 0.05) is 29.5 Å². The van der Waals surface area contributed by atoms with E-state index >= 15 is 0 Å². The van der Waals surface area contributed by atoms with E-state index in [2.05, 4.69) is 45.0 Å². The zero-order chi connectivity index (χ0) is 14.4. The van der Waals surface area contributed by atoms with Crippen LogP contribution in [0.4, 0.5) is 0 Å². The van der Waals surface area contributed by atoms with Gasteiger partial charge in [-0.15, -0.1) is 0 Å². The molecule has 2 aromatic rings. The van der Waals surface area contributed by atoms with Gasteiger partial charge in [0.25, 0.3) is 0 Å². The SMILES string of the molecule is CN(CCC(N)c1ccccc1Br)Cc1cccnc1. The second kappa shape index (κ2) is 7.53. The Morgan fingerprint density at radius 2 is 2.05 bits per heavy atom. The molecule has 0 saturated carbocycles. The van der Waals surface area contributed by atoms with Gasteiger partial charge in [0.15, 0.2) is 0 Å². The van der Waals surface area contributed by atoms with Crippen molar-refractivity contribution in [1.82, 2.24) is 9.88 Å². The lowest BCUT2D eigenvalue weighted by Crippen LogP contribution is -2.23. The van der Waals surface area contributed by atoms with Crippen LogP contribution in [0.5, 0.6) is 0 Å². The monoisotopic (exact) mass is 333 g/mol. The third-order valence-electron chi connectivity index (χ3n) is 3.30. The highest BCUT2D eigenvalue weighted by atomic mass is 79.9. The quantitative estimate of drug-likeness (QED) is 0.881. The van der Waals surface area contributed by atoms with Crippen molar-refractivity contribution in [2.75, 3.05) is 13.6 Å². The summed E-state index contributed by atoms with van der Waals surface area (Å²) in [5.41, 5.74) is 8.66. The van der Waals surface area contributed by atoms with E-state index in [0.29, 0.717) is 0 Å². The molecule has 1 aromatic heterocycles. The third-order valence-corrected chi connectivity index (χ3v) is 4.02. The van der Waals surface area contributed by atoms with E-state index in [1.54, 1.807) is 6.20 Å². The van der Waals surface area contributed by atoms with Crippen LogP contribution in [0.1, 0.15) is 23.6 Å². The topological polar surface area (TPSA) is 42.1 Å². The third kappa shape index (κ3) is 4.40. The number of hydrogen-bond acceptors (Lipinski definition) is 3. The fraction of sp³-hybridized carbons (Fsp3) is 0.312. The van der Waals surface area contributed by atoms with Crippen LogP contribution in [-0.2, 0) is 6.54 Å². The zero-order valence-corrected chi connectivity index (χ0v) is 13.3. The van der Waals surface area contributed by atoms with Gasteiger partial charge in [-0.3, -0.25) is 4.98 Å². The van der Waals surface area contributed by atoms with Gasteiger partial charge in [-0.05, 0) is 43.3 Å². The molecule has 1 heterocycles. The summed E-state index contributed by atoms with van der Waals surface area (Å²) in [6, 6.07) is 12.3. The predicted octanol–water partition coefficient (Wildman–Crippen LogP) is 3.37. The Labute approximate surface area is 129 Å². The number of nitrogens with zero attached hydrogens (tertiary/aromatic N) is 2. The van der Waals surface area contributed by atoms with E-state index in [4.69, 9.17) is 5.73 Å². The standard InChI is InChI=1S/C16H20BrN3/c1-20(12-13-5-4-9-19-11-13)10-8-16(18)14-6-2-3-7-15(14)17/h2-7,9,11,16H,8,10,12,18H2,1H3. The summed E-state index contributed by atoms with van der Waals surface area (Å²) >= 11 is 3.56. The molecule has 1 aromatic carbocycles. The van der Waals surface area contributed by atoms with Gasteiger partial charge >= 0.3 is 0 Å². The summed E-state index contributed by atoms with van der Waals surface area (Å²) in [7, 11) is 2.11. The van der Waals surface area contributed by atoms with E-state index < -0.39 is 0 Å². The van der Waals surface area contributed by atoms with Crippen molar-refractivity contribution in [2.45, 2.75) is 19.0 Å². The van der Waals surface area contributed by atoms with Crippen LogP contribution < -0.4 is 5.73 Å². The number of aromatic nitrogens is 1. The van der Waals surface area contributed by atoms with E-state index in [-0.39, 0.29) is 6.04 Å². The summed E-state index contributed by atoms with van der Waals surface area (Å²) in [5.74, 6) is 0. The molecule has 0 radical (unpaired) electrons. The highest BCUT2D eigenvalue weighted by Gasteiger charge is 2.10. The average Bonchev–Trinajstić information content (AvgIpc) is 2.46.